The van der Waals surface area contributed by atoms with E-state index in [1.807, 2.05) is 38.1 Å². The largest absolute Gasteiger partial charge is 0.497 e. The van der Waals surface area contributed by atoms with Crippen LogP contribution in [-0.2, 0) is 5.75 Å². The molecule has 0 fully saturated rings. The van der Waals surface area contributed by atoms with Crippen LogP contribution < -0.4 is 10.3 Å². The van der Waals surface area contributed by atoms with Gasteiger partial charge in [0.2, 0.25) is 0 Å². The maximum atomic E-state index is 13.7. The second-order valence-electron chi connectivity index (χ2n) is 8.22. The van der Waals surface area contributed by atoms with Crippen LogP contribution in [0.4, 0.5) is 0 Å². The summed E-state index contributed by atoms with van der Waals surface area (Å²) in [5.41, 5.74) is 3.87. The van der Waals surface area contributed by atoms with Crippen molar-refractivity contribution in [3.8, 4) is 11.4 Å². The fourth-order valence-electron chi connectivity index (χ4n) is 3.90. The van der Waals surface area contributed by atoms with E-state index in [0.717, 1.165) is 5.56 Å². The van der Waals surface area contributed by atoms with Crippen LogP contribution in [0.15, 0.2) is 76.7 Å². The van der Waals surface area contributed by atoms with Crippen molar-refractivity contribution < 1.29 is 9.53 Å². The first-order valence-electron chi connectivity index (χ1n) is 11.6. The van der Waals surface area contributed by atoms with Gasteiger partial charge in [0.15, 0.2) is 5.16 Å². The average molecular weight is 488 g/mol. The molecule has 0 N–H and O–H groups in total. The molecule has 0 radical (unpaired) electrons. The summed E-state index contributed by atoms with van der Waals surface area (Å²) in [5.74, 6) is 1.24. The van der Waals surface area contributed by atoms with E-state index in [-0.39, 0.29) is 11.5 Å². The van der Waals surface area contributed by atoms with E-state index in [0.29, 0.717) is 51.9 Å². The van der Waals surface area contributed by atoms with E-state index < -0.39 is 0 Å². The third-order valence-electron chi connectivity index (χ3n) is 5.94. The second-order valence-corrected chi connectivity index (χ2v) is 9.16. The molecule has 35 heavy (non-hydrogen) atoms. The first-order chi connectivity index (χ1) is 16.9. The van der Waals surface area contributed by atoms with Gasteiger partial charge in [0, 0.05) is 30.5 Å². The van der Waals surface area contributed by atoms with Crippen LogP contribution in [0, 0.1) is 6.92 Å². The van der Waals surface area contributed by atoms with Gasteiger partial charge in [-0.15, -0.1) is 0 Å². The number of fused-ring (bicyclic) bond motifs is 1. The Labute approximate surface area is 209 Å². The van der Waals surface area contributed by atoms with Crippen molar-refractivity contribution in [1.82, 2.24) is 14.5 Å². The molecule has 6 nitrogen and oxygen atoms in total. The van der Waals surface area contributed by atoms with Crippen LogP contribution in [0.2, 0.25) is 0 Å². The Bertz CT molecular complexity index is 1410. The molecule has 0 atom stereocenters. The van der Waals surface area contributed by atoms with Crippen molar-refractivity contribution in [1.29, 1.82) is 0 Å². The fraction of sp³-hybridized carbons (Fsp3) is 0.250. The number of amides is 1. The van der Waals surface area contributed by atoms with Crippen molar-refractivity contribution in [2.75, 3.05) is 20.2 Å². The maximum Gasteiger partial charge on any atom is 0.266 e. The SMILES string of the molecule is CCN(CC)C(=O)c1ccc2c(=O)n(-c3cccc(OC)c3)c(SCc3ccc(C)cc3)nc2c1. The van der Waals surface area contributed by atoms with Crippen molar-refractivity contribution in [2.45, 2.75) is 31.7 Å². The number of nitrogens with zero attached hydrogens (tertiary/aromatic N) is 3. The first kappa shape index (κ1) is 24.5. The van der Waals surface area contributed by atoms with Crippen LogP contribution in [0.5, 0.6) is 5.75 Å². The number of hydrogen-bond acceptors (Lipinski definition) is 5. The molecule has 0 aliphatic carbocycles. The molecule has 0 spiro atoms. The number of carbonyl (C=O) groups excluding carboxylic acids is 1. The minimum Gasteiger partial charge on any atom is -0.497 e. The first-order valence-corrected chi connectivity index (χ1v) is 12.6. The number of aryl methyl sites for hydroxylation is 1. The highest BCUT2D eigenvalue weighted by Crippen LogP contribution is 2.27. The van der Waals surface area contributed by atoms with Gasteiger partial charge in [-0.1, -0.05) is 47.7 Å². The van der Waals surface area contributed by atoms with Crippen LogP contribution in [0.1, 0.15) is 35.3 Å². The lowest BCUT2D eigenvalue weighted by atomic mass is 10.1. The summed E-state index contributed by atoms with van der Waals surface area (Å²) < 4.78 is 7.01. The summed E-state index contributed by atoms with van der Waals surface area (Å²) in [6.07, 6.45) is 0. The van der Waals surface area contributed by atoms with E-state index in [2.05, 4.69) is 31.2 Å². The Morgan fingerprint density at radius 2 is 1.77 bits per heavy atom. The van der Waals surface area contributed by atoms with Gasteiger partial charge in [-0.3, -0.25) is 14.2 Å². The zero-order valence-corrected chi connectivity index (χ0v) is 21.3. The van der Waals surface area contributed by atoms with Crippen molar-refractivity contribution in [2.24, 2.45) is 0 Å². The Balaban J connectivity index is 1.84. The number of ether oxygens (including phenoxy) is 1. The van der Waals surface area contributed by atoms with Crippen LogP contribution in [0.3, 0.4) is 0 Å². The quantitative estimate of drug-likeness (QED) is 0.243. The molecule has 180 valence electrons. The molecule has 0 bridgehead atoms. The van der Waals surface area contributed by atoms with Gasteiger partial charge in [-0.25, -0.2) is 4.98 Å². The number of methoxy groups -OCH3 is 1. The van der Waals surface area contributed by atoms with Gasteiger partial charge >= 0.3 is 0 Å². The van der Waals surface area contributed by atoms with Gasteiger partial charge in [0.1, 0.15) is 5.75 Å². The highest BCUT2D eigenvalue weighted by molar-refractivity contribution is 7.98. The number of aromatic nitrogens is 2. The Morgan fingerprint density at radius 3 is 2.46 bits per heavy atom. The summed E-state index contributed by atoms with van der Waals surface area (Å²) >= 11 is 1.49. The van der Waals surface area contributed by atoms with E-state index in [4.69, 9.17) is 9.72 Å². The molecule has 3 aromatic carbocycles. The Kier molecular flexibility index (Phi) is 7.56. The number of benzene rings is 3. The number of thioether (sulfide) groups is 1. The summed E-state index contributed by atoms with van der Waals surface area (Å²) in [5, 5.41) is 1.02. The molecule has 4 rings (SSSR count). The lowest BCUT2D eigenvalue weighted by Crippen LogP contribution is -2.30. The predicted molar refractivity (Wildman–Crippen MR) is 142 cm³/mol. The van der Waals surface area contributed by atoms with E-state index in [1.54, 1.807) is 34.8 Å². The topological polar surface area (TPSA) is 64.4 Å². The third-order valence-corrected chi connectivity index (χ3v) is 6.95. The number of rotatable bonds is 8. The summed E-state index contributed by atoms with van der Waals surface area (Å²) in [6, 6.07) is 20.8. The van der Waals surface area contributed by atoms with Gasteiger partial charge in [0.25, 0.3) is 11.5 Å². The molecule has 7 heteroatoms. The zero-order valence-electron chi connectivity index (χ0n) is 20.4. The molecule has 1 heterocycles. The van der Waals surface area contributed by atoms with Crippen LogP contribution in [0.25, 0.3) is 16.6 Å². The number of carbonyl (C=O) groups is 1. The van der Waals surface area contributed by atoms with E-state index >= 15 is 0 Å². The van der Waals surface area contributed by atoms with Gasteiger partial charge < -0.3 is 9.64 Å². The molecular weight excluding hydrogens is 458 g/mol. The second kappa shape index (κ2) is 10.8. The molecule has 4 aromatic rings. The highest BCUT2D eigenvalue weighted by Gasteiger charge is 2.18. The van der Waals surface area contributed by atoms with Gasteiger partial charge in [-0.05, 0) is 56.7 Å². The molecule has 1 aromatic heterocycles. The minimum absolute atomic E-state index is 0.0652. The van der Waals surface area contributed by atoms with E-state index in [9.17, 15) is 9.59 Å². The molecule has 0 saturated heterocycles. The Hall–Kier alpha value is -3.58. The van der Waals surface area contributed by atoms with E-state index in [1.165, 1.54) is 17.3 Å². The molecule has 0 saturated carbocycles. The summed E-state index contributed by atoms with van der Waals surface area (Å²) in [7, 11) is 1.60. The molecule has 0 aliphatic heterocycles. The summed E-state index contributed by atoms with van der Waals surface area (Å²) in [6.45, 7) is 7.20. The highest BCUT2D eigenvalue weighted by atomic mass is 32.2. The smallest absolute Gasteiger partial charge is 0.266 e. The van der Waals surface area contributed by atoms with Crippen molar-refractivity contribution in [3.63, 3.8) is 0 Å². The lowest BCUT2D eigenvalue weighted by Gasteiger charge is -2.19. The normalized spacial score (nSPS) is 11.0. The van der Waals surface area contributed by atoms with Gasteiger partial charge in [-0.2, -0.15) is 0 Å². The lowest BCUT2D eigenvalue weighted by molar-refractivity contribution is 0.0773. The van der Waals surface area contributed by atoms with Gasteiger partial charge in [0.05, 0.1) is 23.7 Å². The maximum absolute atomic E-state index is 13.7. The predicted octanol–water partition coefficient (Wildman–Crippen LogP) is 5.48. The standard InChI is InChI=1S/C28H29N3O3S/c1-5-30(6-2)26(32)21-14-15-24-25(16-21)29-28(35-18-20-12-10-19(3)11-13-20)31(27(24)33)22-8-7-9-23(17-22)34-4/h7-17H,5-6,18H2,1-4H3. The molecule has 0 aliphatic rings. The monoisotopic (exact) mass is 487 g/mol. The van der Waals surface area contributed by atoms with Crippen LogP contribution >= 0.6 is 11.8 Å². The minimum atomic E-state index is -0.184. The fourth-order valence-corrected chi connectivity index (χ4v) is 4.87. The third kappa shape index (κ3) is 5.25. The van der Waals surface area contributed by atoms with Crippen molar-refractivity contribution >= 4 is 28.6 Å². The molecule has 1 amide bonds. The summed E-state index contributed by atoms with van der Waals surface area (Å²) in [4.78, 5) is 33.2. The van der Waals surface area contributed by atoms with Crippen molar-refractivity contribution in [3.05, 3.63) is 93.8 Å². The zero-order chi connectivity index (χ0) is 24.9. The average Bonchev–Trinajstić information content (AvgIpc) is 2.88. The Morgan fingerprint density at radius 1 is 1.03 bits per heavy atom. The molecular formula is C28H29N3O3S. The number of hydrogen-bond donors (Lipinski definition) is 0. The molecule has 0 unspecified atom stereocenters. The van der Waals surface area contributed by atoms with Crippen LogP contribution in [-0.4, -0.2) is 40.6 Å².